The monoisotopic (exact) mass is 240 g/mol. The van der Waals surface area contributed by atoms with Gasteiger partial charge in [-0.2, -0.15) is 0 Å². The van der Waals surface area contributed by atoms with Crippen LogP contribution in [0.15, 0.2) is 0 Å². The van der Waals surface area contributed by atoms with Crippen molar-refractivity contribution in [3.8, 4) is 0 Å². The number of rotatable bonds is 4. The number of carbonyl (C=O) groups is 1. The van der Waals surface area contributed by atoms with E-state index >= 15 is 0 Å². The van der Waals surface area contributed by atoms with E-state index in [0.717, 1.165) is 45.6 Å². The van der Waals surface area contributed by atoms with E-state index in [9.17, 15) is 9.90 Å². The van der Waals surface area contributed by atoms with Crippen molar-refractivity contribution in [2.24, 2.45) is 11.8 Å². The summed E-state index contributed by atoms with van der Waals surface area (Å²) < 4.78 is 0. The van der Waals surface area contributed by atoms with Crippen LogP contribution in [0, 0.1) is 11.8 Å². The average Bonchev–Trinajstić information content (AvgIpc) is 2.80. The summed E-state index contributed by atoms with van der Waals surface area (Å²) in [5.41, 5.74) is 0. The lowest BCUT2D eigenvalue weighted by atomic mass is 9.84. The zero-order valence-electron chi connectivity index (χ0n) is 10.8. The molecule has 0 spiro atoms. The third kappa shape index (κ3) is 3.42. The van der Waals surface area contributed by atoms with Gasteiger partial charge in [-0.3, -0.25) is 4.79 Å². The van der Waals surface area contributed by atoms with Crippen molar-refractivity contribution in [3.05, 3.63) is 0 Å². The molecule has 0 aromatic heterocycles. The minimum atomic E-state index is -0.591. The maximum Gasteiger partial charge on any atom is 0.308 e. The SMILES string of the molecule is CN1CCC(C(CN2CCCC2)C(=O)O)CC1. The Kier molecular flexibility index (Phi) is 4.40. The van der Waals surface area contributed by atoms with Crippen molar-refractivity contribution in [2.45, 2.75) is 25.7 Å². The Morgan fingerprint density at radius 2 is 1.82 bits per heavy atom. The summed E-state index contributed by atoms with van der Waals surface area (Å²) in [4.78, 5) is 16.1. The Morgan fingerprint density at radius 3 is 2.35 bits per heavy atom. The van der Waals surface area contributed by atoms with E-state index in [1.165, 1.54) is 12.8 Å². The summed E-state index contributed by atoms with van der Waals surface area (Å²) in [5, 5.41) is 9.41. The van der Waals surface area contributed by atoms with Crippen molar-refractivity contribution >= 4 is 5.97 Å². The summed E-state index contributed by atoms with van der Waals surface area (Å²) in [6.07, 6.45) is 4.56. The van der Waals surface area contributed by atoms with Gasteiger partial charge in [0.2, 0.25) is 0 Å². The van der Waals surface area contributed by atoms with Gasteiger partial charge < -0.3 is 14.9 Å². The number of aliphatic carboxylic acids is 1. The number of carboxylic acids is 1. The Balaban J connectivity index is 1.89. The van der Waals surface area contributed by atoms with Crippen LogP contribution >= 0.6 is 0 Å². The van der Waals surface area contributed by atoms with Crippen molar-refractivity contribution in [3.63, 3.8) is 0 Å². The Hall–Kier alpha value is -0.610. The quantitative estimate of drug-likeness (QED) is 0.800. The second kappa shape index (κ2) is 5.83. The van der Waals surface area contributed by atoms with Crippen LogP contribution in [0.2, 0.25) is 0 Å². The smallest absolute Gasteiger partial charge is 0.308 e. The molecule has 0 amide bonds. The van der Waals surface area contributed by atoms with E-state index < -0.39 is 5.97 Å². The van der Waals surface area contributed by atoms with Gasteiger partial charge in [0.05, 0.1) is 5.92 Å². The van der Waals surface area contributed by atoms with Crippen molar-refractivity contribution < 1.29 is 9.90 Å². The van der Waals surface area contributed by atoms with Gasteiger partial charge in [-0.05, 0) is 64.8 Å². The summed E-state index contributed by atoms with van der Waals surface area (Å²) in [6.45, 7) is 5.05. The average molecular weight is 240 g/mol. The van der Waals surface area contributed by atoms with E-state index in [0.29, 0.717) is 5.92 Å². The predicted molar refractivity (Wildman–Crippen MR) is 67.0 cm³/mol. The van der Waals surface area contributed by atoms with Gasteiger partial charge in [-0.25, -0.2) is 0 Å². The normalized spacial score (nSPS) is 26.2. The van der Waals surface area contributed by atoms with E-state index in [4.69, 9.17) is 0 Å². The van der Waals surface area contributed by atoms with Crippen LogP contribution in [-0.4, -0.2) is 60.6 Å². The number of nitrogens with zero attached hydrogens (tertiary/aromatic N) is 2. The zero-order chi connectivity index (χ0) is 12.3. The van der Waals surface area contributed by atoms with E-state index in [1.54, 1.807) is 0 Å². The van der Waals surface area contributed by atoms with E-state index in [1.807, 2.05) is 0 Å². The highest BCUT2D eigenvalue weighted by Gasteiger charge is 2.32. The van der Waals surface area contributed by atoms with Crippen LogP contribution in [0.1, 0.15) is 25.7 Å². The molecule has 2 aliphatic rings. The fourth-order valence-corrected chi connectivity index (χ4v) is 3.10. The molecule has 98 valence electrons. The number of piperidine rings is 1. The molecule has 2 rings (SSSR count). The second-order valence-electron chi connectivity index (χ2n) is 5.59. The lowest BCUT2D eigenvalue weighted by Crippen LogP contribution is -2.41. The number of hydrogen-bond donors (Lipinski definition) is 1. The summed E-state index contributed by atoms with van der Waals surface area (Å²) in [5.74, 6) is -0.363. The Bertz CT molecular complexity index is 256. The fourth-order valence-electron chi connectivity index (χ4n) is 3.10. The van der Waals surface area contributed by atoms with Crippen LogP contribution in [0.25, 0.3) is 0 Å². The predicted octanol–water partition coefficient (Wildman–Crippen LogP) is 1.12. The first-order valence-electron chi connectivity index (χ1n) is 6.80. The molecule has 4 heteroatoms. The molecule has 0 aromatic rings. The topological polar surface area (TPSA) is 43.8 Å². The fraction of sp³-hybridized carbons (Fsp3) is 0.923. The van der Waals surface area contributed by atoms with E-state index in [-0.39, 0.29) is 5.92 Å². The summed E-state index contributed by atoms with van der Waals surface area (Å²) in [6, 6.07) is 0. The minimum absolute atomic E-state index is 0.151. The highest BCUT2D eigenvalue weighted by Crippen LogP contribution is 2.26. The molecule has 4 nitrogen and oxygen atoms in total. The molecule has 1 atom stereocenters. The first-order chi connectivity index (χ1) is 8.16. The van der Waals surface area contributed by atoms with Crippen LogP contribution in [0.5, 0.6) is 0 Å². The van der Waals surface area contributed by atoms with Crippen molar-refractivity contribution in [2.75, 3.05) is 39.8 Å². The van der Waals surface area contributed by atoms with Crippen LogP contribution in [0.3, 0.4) is 0 Å². The molecule has 0 radical (unpaired) electrons. The molecule has 0 aliphatic carbocycles. The van der Waals surface area contributed by atoms with Gasteiger partial charge in [-0.15, -0.1) is 0 Å². The van der Waals surface area contributed by atoms with Crippen LogP contribution in [-0.2, 0) is 4.79 Å². The molecule has 17 heavy (non-hydrogen) atoms. The maximum atomic E-state index is 11.4. The third-order valence-corrected chi connectivity index (χ3v) is 4.30. The Labute approximate surface area is 104 Å². The zero-order valence-corrected chi connectivity index (χ0v) is 10.8. The van der Waals surface area contributed by atoms with Gasteiger partial charge in [-0.1, -0.05) is 0 Å². The first kappa shape index (κ1) is 12.8. The molecule has 2 saturated heterocycles. The van der Waals surface area contributed by atoms with Gasteiger partial charge in [0.15, 0.2) is 0 Å². The molecule has 2 heterocycles. The number of likely N-dealkylation sites (tertiary alicyclic amines) is 2. The molecule has 2 fully saturated rings. The van der Waals surface area contributed by atoms with Crippen molar-refractivity contribution in [1.82, 2.24) is 9.80 Å². The number of hydrogen-bond acceptors (Lipinski definition) is 3. The van der Waals surface area contributed by atoms with Gasteiger partial charge in [0.25, 0.3) is 0 Å². The molecule has 1 N–H and O–H groups in total. The van der Waals surface area contributed by atoms with Gasteiger partial charge in [0, 0.05) is 6.54 Å². The summed E-state index contributed by atoms with van der Waals surface area (Å²) >= 11 is 0. The lowest BCUT2D eigenvalue weighted by molar-refractivity contribution is -0.145. The molecule has 1 unspecified atom stereocenters. The third-order valence-electron chi connectivity index (χ3n) is 4.30. The molecule has 0 saturated carbocycles. The molecular formula is C13H24N2O2. The van der Waals surface area contributed by atoms with Crippen molar-refractivity contribution in [1.29, 1.82) is 0 Å². The highest BCUT2D eigenvalue weighted by atomic mass is 16.4. The van der Waals surface area contributed by atoms with Crippen LogP contribution in [0.4, 0.5) is 0 Å². The molecule has 0 bridgehead atoms. The van der Waals surface area contributed by atoms with Crippen LogP contribution < -0.4 is 0 Å². The molecule has 2 aliphatic heterocycles. The second-order valence-corrected chi connectivity index (χ2v) is 5.59. The summed E-state index contributed by atoms with van der Waals surface area (Å²) in [7, 11) is 2.12. The standard InChI is InChI=1S/C13H24N2O2/c1-14-8-4-11(5-9-14)12(13(16)17)10-15-6-2-3-7-15/h11-12H,2-10H2,1H3,(H,16,17). The maximum absolute atomic E-state index is 11.4. The van der Waals surface area contributed by atoms with Gasteiger partial charge in [0.1, 0.15) is 0 Å². The lowest BCUT2D eigenvalue weighted by Gasteiger charge is -2.34. The minimum Gasteiger partial charge on any atom is -0.481 e. The first-order valence-corrected chi connectivity index (χ1v) is 6.80. The highest BCUT2D eigenvalue weighted by molar-refractivity contribution is 5.70. The Morgan fingerprint density at radius 1 is 1.24 bits per heavy atom. The number of carboxylic acid groups (broad SMARTS) is 1. The van der Waals surface area contributed by atoms with E-state index in [2.05, 4.69) is 16.8 Å². The van der Waals surface area contributed by atoms with Gasteiger partial charge >= 0.3 is 5.97 Å². The molecule has 0 aromatic carbocycles. The largest absolute Gasteiger partial charge is 0.481 e. The molecular weight excluding hydrogens is 216 g/mol.